The summed E-state index contributed by atoms with van der Waals surface area (Å²) in [4.78, 5) is 36.7. The van der Waals surface area contributed by atoms with E-state index in [0.717, 1.165) is 5.39 Å². The van der Waals surface area contributed by atoms with Crippen LogP contribution in [0.3, 0.4) is 0 Å². The Morgan fingerprint density at radius 3 is 2.36 bits per heavy atom. The van der Waals surface area contributed by atoms with Crippen LogP contribution in [0.5, 0.6) is 0 Å². The Kier molecular flexibility index (Phi) is 5.65. The molecular formula is C20H18ClN3O4. The first-order valence-corrected chi connectivity index (χ1v) is 8.90. The van der Waals surface area contributed by atoms with Gasteiger partial charge in [-0.1, -0.05) is 41.9 Å². The maximum atomic E-state index is 12.3. The summed E-state index contributed by atoms with van der Waals surface area (Å²) >= 11 is 5.97. The maximum absolute atomic E-state index is 12.3. The van der Waals surface area contributed by atoms with Crippen molar-refractivity contribution < 1.29 is 18.8 Å². The Morgan fingerprint density at radius 2 is 1.64 bits per heavy atom. The number of furan rings is 1. The summed E-state index contributed by atoms with van der Waals surface area (Å²) in [6, 6.07) is 12.8. The lowest BCUT2D eigenvalue weighted by Gasteiger charge is -2.15. The minimum atomic E-state index is -0.902. The van der Waals surface area contributed by atoms with E-state index in [1.807, 2.05) is 12.1 Å². The van der Waals surface area contributed by atoms with E-state index < -0.39 is 23.8 Å². The summed E-state index contributed by atoms with van der Waals surface area (Å²) in [5.74, 6) is -1.57. The summed E-state index contributed by atoms with van der Waals surface area (Å²) in [5, 5.41) is 3.62. The summed E-state index contributed by atoms with van der Waals surface area (Å²) in [7, 11) is 0. The van der Waals surface area contributed by atoms with Crippen LogP contribution >= 0.6 is 11.6 Å². The van der Waals surface area contributed by atoms with Gasteiger partial charge in [0.15, 0.2) is 5.76 Å². The highest BCUT2D eigenvalue weighted by Crippen LogP contribution is 2.24. The predicted octanol–water partition coefficient (Wildman–Crippen LogP) is 2.97. The zero-order valence-electron chi connectivity index (χ0n) is 15.2. The maximum Gasteiger partial charge on any atom is 0.305 e. The van der Waals surface area contributed by atoms with E-state index in [-0.39, 0.29) is 16.3 Å². The largest absolute Gasteiger partial charge is 0.451 e. The molecule has 0 fully saturated rings. The monoisotopic (exact) mass is 399 g/mol. The molecule has 0 aliphatic heterocycles. The normalized spacial score (nSPS) is 11.7. The average Bonchev–Trinajstić information content (AvgIpc) is 3.03. The first-order valence-electron chi connectivity index (χ1n) is 8.52. The van der Waals surface area contributed by atoms with Gasteiger partial charge in [-0.2, -0.15) is 0 Å². The lowest BCUT2D eigenvalue weighted by atomic mass is 10.1. The van der Waals surface area contributed by atoms with Crippen molar-refractivity contribution in [2.75, 3.05) is 0 Å². The number of nitrogens with one attached hydrogen (secondary N) is 3. The molecule has 2 aromatic carbocycles. The Morgan fingerprint density at radius 1 is 0.964 bits per heavy atom. The Balaban J connectivity index is 1.60. The molecule has 1 aromatic heterocycles. The van der Waals surface area contributed by atoms with E-state index in [9.17, 15) is 14.4 Å². The molecule has 7 nitrogen and oxygen atoms in total. The van der Waals surface area contributed by atoms with E-state index in [0.29, 0.717) is 11.1 Å². The average molecular weight is 400 g/mol. The molecule has 3 aromatic rings. The van der Waals surface area contributed by atoms with Crippen molar-refractivity contribution in [3.63, 3.8) is 0 Å². The highest BCUT2D eigenvalue weighted by molar-refractivity contribution is 6.33. The van der Waals surface area contributed by atoms with Crippen molar-refractivity contribution in [2.45, 2.75) is 19.9 Å². The third-order valence-electron chi connectivity index (χ3n) is 4.21. The van der Waals surface area contributed by atoms with Gasteiger partial charge in [0.25, 0.3) is 11.8 Å². The number of fused-ring (bicyclic) bond motifs is 1. The Bertz CT molecular complexity index is 1060. The van der Waals surface area contributed by atoms with Gasteiger partial charge in [-0.05, 0) is 32.0 Å². The van der Waals surface area contributed by atoms with E-state index in [2.05, 4.69) is 16.2 Å². The molecule has 0 saturated carbocycles. The van der Waals surface area contributed by atoms with Crippen molar-refractivity contribution in [2.24, 2.45) is 0 Å². The first-order chi connectivity index (χ1) is 13.4. The lowest BCUT2D eigenvalue weighted by Crippen LogP contribution is -2.51. The van der Waals surface area contributed by atoms with Crippen LogP contribution in [-0.2, 0) is 4.79 Å². The van der Waals surface area contributed by atoms with Gasteiger partial charge in [-0.3, -0.25) is 25.2 Å². The number of para-hydroxylation sites is 1. The molecule has 8 heteroatoms. The number of halogens is 1. The molecule has 1 heterocycles. The topological polar surface area (TPSA) is 100 Å². The van der Waals surface area contributed by atoms with Crippen molar-refractivity contribution in [1.29, 1.82) is 0 Å². The Labute approximate surface area is 166 Å². The second kappa shape index (κ2) is 8.14. The fourth-order valence-corrected chi connectivity index (χ4v) is 2.88. The van der Waals surface area contributed by atoms with Crippen LogP contribution in [0, 0.1) is 6.92 Å². The van der Waals surface area contributed by atoms with E-state index in [1.165, 1.54) is 6.92 Å². The molecule has 3 rings (SSSR count). The predicted molar refractivity (Wildman–Crippen MR) is 105 cm³/mol. The first kappa shape index (κ1) is 19.4. The van der Waals surface area contributed by atoms with Crippen molar-refractivity contribution >= 4 is 40.3 Å². The van der Waals surface area contributed by atoms with Gasteiger partial charge in [0.05, 0.1) is 10.6 Å². The smallest absolute Gasteiger partial charge is 0.305 e. The molecule has 3 N–H and O–H groups in total. The van der Waals surface area contributed by atoms with E-state index >= 15 is 0 Å². The third-order valence-corrected chi connectivity index (χ3v) is 4.54. The summed E-state index contributed by atoms with van der Waals surface area (Å²) in [6.45, 7) is 3.25. The summed E-state index contributed by atoms with van der Waals surface area (Å²) < 4.78 is 5.54. The van der Waals surface area contributed by atoms with Gasteiger partial charge in [0.1, 0.15) is 11.6 Å². The van der Waals surface area contributed by atoms with Crippen LogP contribution in [0.2, 0.25) is 5.02 Å². The molecule has 3 amide bonds. The molecule has 0 aliphatic carbocycles. The zero-order valence-corrected chi connectivity index (χ0v) is 16.0. The molecule has 1 atom stereocenters. The molecule has 0 unspecified atom stereocenters. The highest BCUT2D eigenvalue weighted by Gasteiger charge is 2.21. The number of benzene rings is 2. The van der Waals surface area contributed by atoms with Crippen LogP contribution in [0.1, 0.15) is 33.4 Å². The standard InChI is InChI=1S/C20H18ClN3O4/c1-11-13-7-4-6-10-16(13)28-17(11)20(27)24-23-18(25)12(2)22-19(26)14-8-3-5-9-15(14)21/h3-10,12H,1-2H3,(H,22,26)(H,23,25)(H,24,27)/t12-/m0/s1. The van der Waals surface area contributed by atoms with E-state index in [1.54, 1.807) is 43.3 Å². The molecule has 28 heavy (non-hydrogen) atoms. The minimum absolute atomic E-state index is 0.106. The molecular weight excluding hydrogens is 382 g/mol. The van der Waals surface area contributed by atoms with Gasteiger partial charge in [0.2, 0.25) is 0 Å². The van der Waals surface area contributed by atoms with Gasteiger partial charge in [-0.25, -0.2) is 0 Å². The number of hydrogen-bond acceptors (Lipinski definition) is 4. The molecule has 0 spiro atoms. The van der Waals surface area contributed by atoms with Crippen molar-refractivity contribution in [1.82, 2.24) is 16.2 Å². The Hall–Kier alpha value is -3.32. The second-order valence-electron chi connectivity index (χ2n) is 6.17. The van der Waals surface area contributed by atoms with Crippen LogP contribution < -0.4 is 16.2 Å². The highest BCUT2D eigenvalue weighted by atomic mass is 35.5. The number of amides is 3. The van der Waals surface area contributed by atoms with Crippen molar-refractivity contribution in [3.8, 4) is 0 Å². The fourth-order valence-electron chi connectivity index (χ4n) is 2.66. The SMILES string of the molecule is Cc1c(C(=O)NNC(=O)[C@H](C)NC(=O)c2ccccc2Cl)oc2ccccc12. The van der Waals surface area contributed by atoms with Gasteiger partial charge < -0.3 is 9.73 Å². The molecule has 144 valence electrons. The van der Waals surface area contributed by atoms with Crippen LogP contribution in [0.25, 0.3) is 11.0 Å². The van der Waals surface area contributed by atoms with Gasteiger partial charge in [0, 0.05) is 10.9 Å². The zero-order chi connectivity index (χ0) is 20.3. The summed E-state index contributed by atoms with van der Waals surface area (Å²) in [6.07, 6.45) is 0. The number of aryl methyl sites for hydroxylation is 1. The number of hydrazine groups is 1. The van der Waals surface area contributed by atoms with Crippen LogP contribution in [-0.4, -0.2) is 23.8 Å². The number of hydrogen-bond donors (Lipinski definition) is 3. The van der Waals surface area contributed by atoms with Crippen LogP contribution in [0.15, 0.2) is 52.9 Å². The lowest BCUT2D eigenvalue weighted by molar-refractivity contribution is -0.123. The number of carbonyl (C=O) groups is 3. The van der Waals surface area contributed by atoms with Crippen molar-refractivity contribution in [3.05, 3.63) is 70.4 Å². The fraction of sp³-hybridized carbons (Fsp3) is 0.150. The van der Waals surface area contributed by atoms with Gasteiger partial charge >= 0.3 is 5.91 Å². The number of rotatable bonds is 4. The second-order valence-corrected chi connectivity index (χ2v) is 6.58. The van der Waals surface area contributed by atoms with E-state index in [4.69, 9.17) is 16.0 Å². The summed E-state index contributed by atoms with van der Waals surface area (Å²) in [5.41, 5.74) is 6.08. The molecule has 0 radical (unpaired) electrons. The molecule has 0 aliphatic rings. The number of carbonyl (C=O) groups excluding carboxylic acids is 3. The quantitative estimate of drug-likeness (QED) is 0.587. The minimum Gasteiger partial charge on any atom is -0.451 e. The van der Waals surface area contributed by atoms with Gasteiger partial charge in [-0.15, -0.1) is 0 Å². The third kappa shape index (κ3) is 3.99. The van der Waals surface area contributed by atoms with Crippen LogP contribution in [0.4, 0.5) is 0 Å². The molecule has 0 saturated heterocycles. The molecule has 0 bridgehead atoms.